The molecule has 9 aromatic rings. The van der Waals surface area contributed by atoms with Crippen molar-refractivity contribution in [2.75, 3.05) is 0 Å². The van der Waals surface area contributed by atoms with Crippen molar-refractivity contribution in [3.8, 4) is 78.8 Å². The van der Waals surface area contributed by atoms with E-state index in [-0.39, 0.29) is 5.41 Å². The van der Waals surface area contributed by atoms with Gasteiger partial charge in [0.15, 0.2) is 17.5 Å². The lowest BCUT2D eigenvalue weighted by Crippen LogP contribution is -2.18. The first kappa shape index (κ1) is 37.4. The molecule has 294 valence electrons. The van der Waals surface area contributed by atoms with Gasteiger partial charge in [-0.3, -0.25) is 5.41 Å². The zero-order valence-electron chi connectivity index (χ0n) is 34.0. The Morgan fingerprint density at radius 3 is 1.76 bits per heavy atom. The van der Waals surface area contributed by atoms with Gasteiger partial charge in [0, 0.05) is 44.2 Å². The maximum absolute atomic E-state index is 8.64. The molecule has 2 heterocycles. The average molecular weight is 815 g/mol. The molecule has 0 radical (unpaired) electrons. The molecule has 0 fully saturated rings. The molecule has 1 N–H and O–H groups in total. The molecule has 0 amide bonds. The van der Waals surface area contributed by atoms with E-state index in [0.717, 1.165) is 66.7 Å². The van der Waals surface area contributed by atoms with E-state index in [1.807, 2.05) is 66.7 Å². The number of pyridine rings is 1. The predicted molar refractivity (Wildman–Crippen MR) is 258 cm³/mol. The molecule has 0 saturated carbocycles. The summed E-state index contributed by atoms with van der Waals surface area (Å²) < 4.78 is 4.27. The van der Waals surface area contributed by atoms with Gasteiger partial charge in [-0.2, -0.15) is 0 Å². The fourth-order valence-electron chi connectivity index (χ4n) is 9.06. The number of rotatable bonds is 6. The Kier molecular flexibility index (Phi) is 8.95. The zero-order valence-corrected chi connectivity index (χ0v) is 34.9. The Morgan fingerprint density at radius 2 is 1.02 bits per heavy atom. The molecule has 2 aromatic heterocycles. The highest BCUT2D eigenvalue weighted by atomic mass is 32.1. The summed E-state index contributed by atoms with van der Waals surface area (Å²) >= 11 is 4.30. The predicted octanol–water partition coefficient (Wildman–Crippen LogP) is 13.4. The van der Waals surface area contributed by atoms with E-state index in [0.29, 0.717) is 28.9 Å². The number of fused-ring (bicyclic) bond motifs is 6. The lowest BCUT2D eigenvalue weighted by molar-refractivity contribution is 0.660. The van der Waals surface area contributed by atoms with Crippen molar-refractivity contribution in [2.24, 2.45) is 4.40 Å². The third-order valence-electron chi connectivity index (χ3n) is 12.3. The first-order valence-corrected chi connectivity index (χ1v) is 21.0. The second-order valence-corrected chi connectivity index (χ2v) is 16.5. The van der Waals surface area contributed by atoms with Gasteiger partial charge in [-0.1, -0.05) is 166 Å². The quantitative estimate of drug-likeness (QED) is 0.164. The summed E-state index contributed by atoms with van der Waals surface area (Å²) in [5.74, 6) is 1.79. The molecule has 7 aromatic carbocycles. The van der Waals surface area contributed by atoms with Crippen LogP contribution in [0.5, 0.6) is 0 Å². The molecule has 0 bridgehead atoms. The smallest absolute Gasteiger partial charge is 0.164 e. The number of hydrogen-bond donors (Lipinski definition) is 2. The maximum atomic E-state index is 8.64. The summed E-state index contributed by atoms with van der Waals surface area (Å²) in [6, 6.07) is 58.9. The zero-order chi connectivity index (χ0) is 42.0. The van der Waals surface area contributed by atoms with Gasteiger partial charge in [0.05, 0.1) is 16.9 Å². The molecule has 0 atom stereocenters. The highest BCUT2D eigenvalue weighted by molar-refractivity contribution is 7.79. The molecule has 2 aliphatic carbocycles. The standard InChI is InChI=1S/C55H38N6S/c1-55(2)45-19-10-9-18-41(45)42-26-24-38(31-46(42)55)33-20-22-36(23-21-33)53-58-52(35-14-7-4-8-15-35)59-54(60-53)40-17-11-16-37(30-40)39-25-27-43-48(32-39)57-50(34-12-5-3-6-13-34)44-28-29-47(56)51(61-62)49(43)44/h3-32,56,62H,1-2H3. The fourth-order valence-corrected chi connectivity index (χ4v) is 9.27. The van der Waals surface area contributed by atoms with Crippen LogP contribution < -0.4 is 0 Å². The van der Waals surface area contributed by atoms with Gasteiger partial charge < -0.3 is 0 Å². The molecule has 0 saturated heterocycles. The van der Waals surface area contributed by atoms with Crippen molar-refractivity contribution in [1.82, 2.24) is 19.9 Å². The van der Waals surface area contributed by atoms with Gasteiger partial charge >= 0.3 is 0 Å². The van der Waals surface area contributed by atoms with Gasteiger partial charge in [0.2, 0.25) is 0 Å². The molecular formula is C55H38N6S. The van der Waals surface area contributed by atoms with Crippen LogP contribution in [0.25, 0.3) is 95.8 Å². The number of thiol groups is 1. The van der Waals surface area contributed by atoms with E-state index in [2.05, 4.69) is 140 Å². The molecule has 0 aliphatic heterocycles. The van der Waals surface area contributed by atoms with Crippen molar-refractivity contribution < 1.29 is 0 Å². The van der Waals surface area contributed by atoms with Crippen molar-refractivity contribution in [3.05, 3.63) is 198 Å². The normalized spacial score (nSPS) is 14.2. The number of aromatic nitrogens is 4. The van der Waals surface area contributed by atoms with Crippen LogP contribution in [0.2, 0.25) is 0 Å². The molecule has 11 rings (SSSR count). The highest BCUT2D eigenvalue weighted by Gasteiger charge is 2.35. The summed E-state index contributed by atoms with van der Waals surface area (Å²) in [5.41, 5.74) is 17.5. The summed E-state index contributed by atoms with van der Waals surface area (Å²) in [5, 5.41) is 9.55. The molecule has 0 unspecified atom stereocenters. The first-order valence-electron chi connectivity index (χ1n) is 20.6. The largest absolute Gasteiger partial charge is 0.299 e. The van der Waals surface area contributed by atoms with Crippen molar-refractivity contribution >= 4 is 41.2 Å². The van der Waals surface area contributed by atoms with Crippen LogP contribution in [-0.4, -0.2) is 31.4 Å². The number of nitrogens with zero attached hydrogens (tertiary/aromatic N) is 5. The van der Waals surface area contributed by atoms with Crippen LogP contribution in [0.3, 0.4) is 0 Å². The number of hydrogen-bond acceptors (Lipinski definition) is 7. The van der Waals surface area contributed by atoms with Crippen LogP contribution in [0.1, 0.15) is 36.1 Å². The summed E-state index contributed by atoms with van der Waals surface area (Å²) in [6.45, 7) is 4.63. The van der Waals surface area contributed by atoms with Crippen molar-refractivity contribution in [3.63, 3.8) is 0 Å². The van der Waals surface area contributed by atoms with Gasteiger partial charge in [-0.05, 0) is 87.7 Å². The van der Waals surface area contributed by atoms with Gasteiger partial charge in [-0.15, -0.1) is 0 Å². The minimum absolute atomic E-state index is 0.0695. The Hall–Kier alpha value is -7.61. The second-order valence-electron chi connectivity index (χ2n) is 16.3. The monoisotopic (exact) mass is 814 g/mol. The molecule has 2 aliphatic rings. The summed E-state index contributed by atoms with van der Waals surface area (Å²) in [7, 11) is 0. The number of allylic oxidation sites excluding steroid dienone is 1. The maximum Gasteiger partial charge on any atom is 0.164 e. The van der Waals surface area contributed by atoms with Crippen LogP contribution in [0, 0.1) is 5.41 Å². The fraction of sp³-hybridized carbons (Fsp3) is 0.0545. The van der Waals surface area contributed by atoms with Crippen LogP contribution in [0.15, 0.2) is 180 Å². The van der Waals surface area contributed by atoms with Gasteiger partial charge in [0.25, 0.3) is 0 Å². The lowest BCUT2D eigenvalue weighted by Gasteiger charge is -2.22. The van der Waals surface area contributed by atoms with E-state index >= 15 is 0 Å². The molecular weight excluding hydrogens is 777 g/mol. The topological polar surface area (TPSA) is 87.8 Å². The Bertz CT molecular complexity index is 3330. The third-order valence-corrected chi connectivity index (χ3v) is 12.5. The Labute approximate surface area is 365 Å². The van der Waals surface area contributed by atoms with Crippen LogP contribution in [0.4, 0.5) is 0 Å². The first-order chi connectivity index (χ1) is 30.3. The van der Waals surface area contributed by atoms with Crippen molar-refractivity contribution in [2.45, 2.75) is 19.3 Å². The van der Waals surface area contributed by atoms with Crippen LogP contribution in [-0.2, 0) is 5.41 Å². The second kappa shape index (κ2) is 14.8. The highest BCUT2D eigenvalue weighted by Crippen LogP contribution is 2.49. The Balaban J connectivity index is 0.978. The van der Waals surface area contributed by atoms with E-state index in [4.69, 9.17) is 25.3 Å². The minimum Gasteiger partial charge on any atom is -0.299 e. The van der Waals surface area contributed by atoms with E-state index in [9.17, 15) is 0 Å². The molecule has 62 heavy (non-hydrogen) atoms. The third kappa shape index (κ3) is 6.28. The van der Waals surface area contributed by atoms with Crippen LogP contribution >= 0.6 is 12.8 Å². The van der Waals surface area contributed by atoms with Crippen molar-refractivity contribution in [1.29, 1.82) is 5.41 Å². The Morgan fingerprint density at radius 1 is 0.468 bits per heavy atom. The summed E-state index contributed by atoms with van der Waals surface area (Å²) in [6.07, 6.45) is 3.72. The van der Waals surface area contributed by atoms with Gasteiger partial charge in [0.1, 0.15) is 5.71 Å². The minimum atomic E-state index is -0.0695. The average Bonchev–Trinajstić information content (AvgIpc) is 3.56. The molecule has 6 nitrogen and oxygen atoms in total. The van der Waals surface area contributed by atoms with Gasteiger partial charge in [-0.25, -0.2) is 24.3 Å². The number of nitrogens with one attached hydrogen (secondary N) is 1. The van der Waals surface area contributed by atoms with E-state index in [1.54, 1.807) is 6.08 Å². The van der Waals surface area contributed by atoms with E-state index < -0.39 is 0 Å². The SMILES string of the molecule is CC1(C)c2ccccc2-c2ccc(-c3ccc(-c4nc(-c5ccccc5)nc(-c5cccc(-c6ccc7c8c(c(-c9ccccc9)nc7c6)C=CC(=N)C8=NS)c5)n4)cc3)cc21. The summed E-state index contributed by atoms with van der Waals surface area (Å²) in [4.78, 5) is 20.4. The number of benzene rings is 7. The van der Waals surface area contributed by atoms with E-state index in [1.165, 1.54) is 27.8 Å². The molecule has 0 spiro atoms. The lowest BCUT2D eigenvalue weighted by atomic mass is 9.81. The molecule has 7 heteroatoms.